The van der Waals surface area contributed by atoms with Gasteiger partial charge in [0, 0.05) is 24.0 Å². The van der Waals surface area contributed by atoms with Crippen molar-refractivity contribution >= 4 is 23.9 Å². The number of hydroxylamine groups is 1. The topological polar surface area (TPSA) is 120 Å². The molecule has 1 unspecified atom stereocenters. The second-order valence-corrected chi connectivity index (χ2v) is 7.22. The highest BCUT2D eigenvalue weighted by atomic mass is 16.5. The summed E-state index contributed by atoms with van der Waals surface area (Å²) in [7, 11) is 0. The van der Waals surface area contributed by atoms with Gasteiger partial charge in [0.25, 0.3) is 11.8 Å². The van der Waals surface area contributed by atoms with Crippen LogP contribution in [0.1, 0.15) is 39.5 Å². The Kier molecular flexibility index (Phi) is 8.44. The number of pyridine rings is 1. The minimum Gasteiger partial charge on any atom is -0.331 e. The Labute approximate surface area is 191 Å². The third-order valence-electron chi connectivity index (χ3n) is 4.89. The number of aryl methyl sites for hydroxylation is 1. The van der Waals surface area contributed by atoms with Crippen molar-refractivity contribution in [1.82, 2.24) is 21.1 Å². The lowest BCUT2D eigenvalue weighted by Crippen LogP contribution is -2.41. The Morgan fingerprint density at radius 2 is 1.73 bits per heavy atom. The molecule has 8 nitrogen and oxygen atoms in total. The molecule has 3 aromatic rings. The van der Waals surface area contributed by atoms with Crippen LogP contribution < -0.4 is 16.1 Å². The molecule has 0 bridgehead atoms. The van der Waals surface area contributed by atoms with Gasteiger partial charge in [0.1, 0.15) is 0 Å². The quantitative estimate of drug-likeness (QED) is 0.241. The molecular formula is C25H24N4O4. The normalized spacial score (nSPS) is 11.5. The number of nitrogens with one attached hydrogen (secondary N) is 3. The van der Waals surface area contributed by atoms with Crippen LogP contribution in [0, 0.1) is 0 Å². The molecule has 3 rings (SSSR count). The summed E-state index contributed by atoms with van der Waals surface area (Å²) in [5, 5.41) is 13.8. The first-order valence-corrected chi connectivity index (χ1v) is 10.3. The largest absolute Gasteiger partial charge is 0.331 e. The molecule has 0 spiro atoms. The molecule has 0 saturated heterocycles. The van der Waals surface area contributed by atoms with E-state index >= 15 is 0 Å². The average molecular weight is 444 g/mol. The summed E-state index contributed by atoms with van der Waals surface area (Å²) >= 11 is 0. The van der Waals surface area contributed by atoms with Gasteiger partial charge in [-0.1, -0.05) is 48.5 Å². The molecule has 0 aliphatic rings. The van der Waals surface area contributed by atoms with Crippen LogP contribution in [0.4, 0.5) is 4.79 Å². The van der Waals surface area contributed by atoms with E-state index in [0.717, 1.165) is 16.7 Å². The maximum atomic E-state index is 12.6. The molecular weight excluding hydrogens is 420 g/mol. The van der Waals surface area contributed by atoms with E-state index in [9.17, 15) is 14.4 Å². The standard InChI is InChI=1S/C25H24N4O4/c30-23(29-33)15-11-18-8-12-20(13-9-18)22(14-10-19-5-4-16-26-17-19)27-25(32)28-24(31)21-6-2-1-3-7-21/h1-9,11-13,15-17,22,33H,10,14H2,(H,29,30)(H2,27,28,31,32). The Balaban J connectivity index is 1.71. The second-order valence-electron chi connectivity index (χ2n) is 7.22. The number of benzene rings is 2. The van der Waals surface area contributed by atoms with E-state index in [1.165, 1.54) is 11.6 Å². The number of imide groups is 1. The number of hydrogen-bond acceptors (Lipinski definition) is 5. The van der Waals surface area contributed by atoms with E-state index in [2.05, 4.69) is 15.6 Å². The van der Waals surface area contributed by atoms with Gasteiger partial charge in [-0.25, -0.2) is 10.3 Å². The molecule has 1 atom stereocenters. The van der Waals surface area contributed by atoms with Crippen molar-refractivity contribution in [3.63, 3.8) is 0 Å². The minimum atomic E-state index is -0.630. The molecule has 168 valence electrons. The fourth-order valence-corrected chi connectivity index (χ4v) is 3.19. The molecule has 8 heteroatoms. The van der Waals surface area contributed by atoms with Crippen LogP contribution in [-0.4, -0.2) is 28.0 Å². The Morgan fingerprint density at radius 3 is 2.39 bits per heavy atom. The lowest BCUT2D eigenvalue weighted by Gasteiger charge is -2.20. The van der Waals surface area contributed by atoms with E-state index in [-0.39, 0.29) is 6.04 Å². The lowest BCUT2D eigenvalue weighted by atomic mass is 9.98. The number of aromatic nitrogens is 1. The number of nitrogens with zero attached hydrogens (tertiary/aromatic N) is 1. The van der Waals surface area contributed by atoms with Gasteiger partial charge in [0.2, 0.25) is 0 Å². The van der Waals surface area contributed by atoms with Crippen LogP contribution in [0.25, 0.3) is 6.08 Å². The number of hydrogen-bond donors (Lipinski definition) is 4. The van der Waals surface area contributed by atoms with Gasteiger partial charge in [0.05, 0.1) is 6.04 Å². The Bertz CT molecular complexity index is 1100. The molecule has 2 aromatic carbocycles. The van der Waals surface area contributed by atoms with Crippen molar-refractivity contribution in [3.05, 3.63) is 107 Å². The maximum absolute atomic E-state index is 12.6. The van der Waals surface area contributed by atoms with Crippen molar-refractivity contribution in [1.29, 1.82) is 0 Å². The van der Waals surface area contributed by atoms with Crippen LogP contribution in [0.3, 0.4) is 0 Å². The predicted octanol–water partition coefficient (Wildman–Crippen LogP) is 3.41. The molecule has 4 amide bonds. The van der Waals surface area contributed by atoms with E-state index in [1.54, 1.807) is 60.9 Å². The summed E-state index contributed by atoms with van der Waals surface area (Å²) in [5.74, 6) is -1.11. The van der Waals surface area contributed by atoms with Crippen LogP contribution in [0.15, 0.2) is 85.2 Å². The smallest absolute Gasteiger partial charge is 0.322 e. The van der Waals surface area contributed by atoms with Crippen LogP contribution in [0.2, 0.25) is 0 Å². The highest BCUT2D eigenvalue weighted by Gasteiger charge is 2.17. The molecule has 0 aliphatic heterocycles. The van der Waals surface area contributed by atoms with Crippen LogP contribution in [0.5, 0.6) is 0 Å². The highest BCUT2D eigenvalue weighted by molar-refractivity contribution is 6.04. The first-order valence-electron chi connectivity index (χ1n) is 10.3. The van der Waals surface area contributed by atoms with Gasteiger partial charge in [-0.3, -0.25) is 25.1 Å². The highest BCUT2D eigenvalue weighted by Crippen LogP contribution is 2.20. The van der Waals surface area contributed by atoms with Crippen LogP contribution >= 0.6 is 0 Å². The summed E-state index contributed by atoms with van der Waals surface area (Å²) < 4.78 is 0. The number of carbonyl (C=O) groups excluding carboxylic acids is 3. The summed E-state index contributed by atoms with van der Waals surface area (Å²) in [6, 6.07) is 18.6. The lowest BCUT2D eigenvalue weighted by molar-refractivity contribution is -0.124. The molecule has 1 aromatic heterocycles. The molecule has 0 fully saturated rings. The zero-order valence-electron chi connectivity index (χ0n) is 17.8. The number of rotatable bonds is 8. The van der Waals surface area contributed by atoms with Crippen molar-refractivity contribution in [2.75, 3.05) is 0 Å². The van der Waals surface area contributed by atoms with E-state index in [1.807, 2.05) is 24.3 Å². The van der Waals surface area contributed by atoms with Gasteiger partial charge in [-0.2, -0.15) is 0 Å². The third kappa shape index (κ3) is 7.41. The predicted molar refractivity (Wildman–Crippen MR) is 123 cm³/mol. The third-order valence-corrected chi connectivity index (χ3v) is 4.89. The molecule has 1 heterocycles. The molecule has 4 N–H and O–H groups in total. The SMILES string of the molecule is O=C(C=Cc1ccc(C(CCc2cccnc2)NC(=O)NC(=O)c2ccccc2)cc1)NO. The second kappa shape index (κ2) is 11.9. The Morgan fingerprint density at radius 1 is 0.970 bits per heavy atom. The fourth-order valence-electron chi connectivity index (χ4n) is 3.19. The van der Waals surface area contributed by atoms with Crippen molar-refractivity contribution < 1.29 is 19.6 Å². The number of urea groups is 1. The van der Waals surface area contributed by atoms with Gasteiger partial charge >= 0.3 is 6.03 Å². The summed E-state index contributed by atoms with van der Waals surface area (Å²) in [5.41, 5.74) is 4.54. The zero-order valence-corrected chi connectivity index (χ0v) is 17.8. The molecule has 33 heavy (non-hydrogen) atoms. The first-order chi connectivity index (χ1) is 16.0. The number of amides is 4. The molecule has 0 saturated carbocycles. The van der Waals surface area contributed by atoms with Gasteiger partial charge in [-0.15, -0.1) is 0 Å². The van der Waals surface area contributed by atoms with Crippen LogP contribution in [-0.2, 0) is 11.2 Å². The summed E-state index contributed by atoms with van der Waals surface area (Å²) in [6.45, 7) is 0. The van der Waals surface area contributed by atoms with Gasteiger partial charge in [0.15, 0.2) is 0 Å². The molecule has 0 aliphatic carbocycles. The first kappa shape index (κ1) is 23.4. The molecule has 0 radical (unpaired) electrons. The van der Waals surface area contributed by atoms with E-state index in [4.69, 9.17) is 5.21 Å². The monoisotopic (exact) mass is 444 g/mol. The minimum absolute atomic E-state index is 0.368. The zero-order chi connectivity index (χ0) is 23.5. The summed E-state index contributed by atoms with van der Waals surface area (Å²) in [6.07, 6.45) is 7.49. The fraction of sp³-hybridized carbons (Fsp3) is 0.120. The van der Waals surface area contributed by atoms with Gasteiger partial charge < -0.3 is 5.32 Å². The van der Waals surface area contributed by atoms with E-state index < -0.39 is 17.8 Å². The number of carbonyl (C=O) groups is 3. The van der Waals surface area contributed by atoms with Crippen molar-refractivity contribution in [2.24, 2.45) is 0 Å². The van der Waals surface area contributed by atoms with Crippen molar-refractivity contribution in [2.45, 2.75) is 18.9 Å². The average Bonchev–Trinajstić information content (AvgIpc) is 2.86. The van der Waals surface area contributed by atoms with Gasteiger partial charge in [-0.05, 0) is 53.8 Å². The van der Waals surface area contributed by atoms with E-state index in [0.29, 0.717) is 18.4 Å². The summed E-state index contributed by atoms with van der Waals surface area (Å²) in [4.78, 5) is 40.2. The Hall–Kier alpha value is -4.30. The maximum Gasteiger partial charge on any atom is 0.322 e. The van der Waals surface area contributed by atoms with Crippen molar-refractivity contribution in [3.8, 4) is 0 Å².